The molecule has 1 N–H and O–H groups in total. The van der Waals surface area contributed by atoms with Crippen molar-refractivity contribution in [3.05, 3.63) is 99.1 Å². The van der Waals surface area contributed by atoms with Gasteiger partial charge in [-0.05, 0) is 36.4 Å². The van der Waals surface area contributed by atoms with Crippen LogP contribution in [0.3, 0.4) is 0 Å². The highest BCUT2D eigenvalue weighted by Crippen LogP contribution is 2.37. The van der Waals surface area contributed by atoms with Crippen LogP contribution < -0.4 is 20.7 Å². The largest absolute Gasteiger partial charge is 0.503 e. The number of para-hydroxylation sites is 1. The topological polar surface area (TPSA) is 90.9 Å². The van der Waals surface area contributed by atoms with Gasteiger partial charge in [0.2, 0.25) is 0 Å². The number of halogens is 2. The number of aromatic nitrogens is 1. The van der Waals surface area contributed by atoms with E-state index < -0.39 is 40.1 Å². The van der Waals surface area contributed by atoms with E-state index in [1.807, 2.05) is 0 Å². The Morgan fingerprint density at radius 2 is 1.74 bits per heavy atom. The molecule has 5 rings (SSSR count). The fourth-order valence-corrected chi connectivity index (χ4v) is 3.72. The molecule has 3 aromatic carbocycles. The summed E-state index contributed by atoms with van der Waals surface area (Å²) in [5, 5.41) is 10.9. The van der Waals surface area contributed by atoms with E-state index >= 15 is 0 Å². The second-order valence-electron chi connectivity index (χ2n) is 7.31. The Hall–Kier alpha value is -4.66. The van der Waals surface area contributed by atoms with E-state index in [1.54, 1.807) is 48.5 Å². The van der Waals surface area contributed by atoms with Gasteiger partial charge in [-0.1, -0.05) is 18.2 Å². The molecule has 0 fully saturated rings. The molecule has 0 aliphatic rings. The number of pyridine rings is 1. The van der Waals surface area contributed by atoms with Gasteiger partial charge in [-0.3, -0.25) is 9.36 Å². The molecule has 0 aliphatic carbocycles. The van der Waals surface area contributed by atoms with Gasteiger partial charge in [-0.25, -0.2) is 13.6 Å². The Bertz CT molecular complexity index is 1690. The number of ether oxygens (including phenoxy) is 2. The first-order valence-electron chi connectivity index (χ1n) is 10.00. The summed E-state index contributed by atoms with van der Waals surface area (Å²) in [6, 6.07) is 15.8. The Kier molecular flexibility index (Phi) is 5.01. The van der Waals surface area contributed by atoms with Crippen molar-refractivity contribution in [2.75, 3.05) is 7.11 Å². The summed E-state index contributed by atoms with van der Waals surface area (Å²) < 4.78 is 44.5. The highest BCUT2D eigenvalue weighted by atomic mass is 19.1. The normalized spacial score (nSPS) is 11.1. The van der Waals surface area contributed by atoms with Gasteiger partial charge < -0.3 is 19.0 Å². The Labute approximate surface area is 189 Å². The van der Waals surface area contributed by atoms with Crippen LogP contribution in [0, 0.1) is 11.6 Å². The third-order valence-corrected chi connectivity index (χ3v) is 5.29. The van der Waals surface area contributed by atoms with E-state index in [2.05, 4.69) is 0 Å². The van der Waals surface area contributed by atoms with Gasteiger partial charge in [0.1, 0.15) is 17.0 Å². The van der Waals surface area contributed by atoms with Gasteiger partial charge >= 0.3 is 5.63 Å². The SMILES string of the molecule is COc1ccc2c3oc(=O)c(Oc4ccc(F)cc4F)c(O)c3c(=O)n(-c3ccccc3)c2c1. The minimum absolute atomic E-state index is 0.177. The second kappa shape index (κ2) is 8.04. The van der Waals surface area contributed by atoms with E-state index in [0.717, 1.165) is 12.1 Å². The zero-order chi connectivity index (χ0) is 24.0. The van der Waals surface area contributed by atoms with Gasteiger partial charge in [0.15, 0.2) is 22.9 Å². The highest BCUT2D eigenvalue weighted by molar-refractivity contribution is 6.05. The maximum absolute atomic E-state index is 14.1. The molecule has 0 bridgehead atoms. The van der Waals surface area contributed by atoms with Crippen LogP contribution in [0.5, 0.6) is 23.0 Å². The van der Waals surface area contributed by atoms with E-state index in [1.165, 1.54) is 11.7 Å². The van der Waals surface area contributed by atoms with Crippen LogP contribution in [-0.2, 0) is 0 Å². The first-order valence-corrected chi connectivity index (χ1v) is 10.00. The van der Waals surface area contributed by atoms with Crippen molar-refractivity contribution in [2.24, 2.45) is 0 Å². The second-order valence-corrected chi connectivity index (χ2v) is 7.31. The Morgan fingerprint density at radius 1 is 0.971 bits per heavy atom. The number of hydrogen-bond donors (Lipinski definition) is 1. The molecule has 0 radical (unpaired) electrons. The molecule has 5 aromatic rings. The first kappa shape index (κ1) is 21.2. The molecule has 0 spiro atoms. The summed E-state index contributed by atoms with van der Waals surface area (Å²) in [6.45, 7) is 0. The van der Waals surface area contributed by atoms with Crippen molar-refractivity contribution in [3.8, 4) is 28.7 Å². The molecule has 0 aliphatic heterocycles. The molecule has 0 saturated carbocycles. The van der Waals surface area contributed by atoms with Crippen LogP contribution in [0.25, 0.3) is 27.6 Å². The minimum atomic E-state index is -1.15. The average Bonchev–Trinajstić information content (AvgIpc) is 2.83. The minimum Gasteiger partial charge on any atom is -0.503 e. The summed E-state index contributed by atoms with van der Waals surface area (Å²) in [4.78, 5) is 26.3. The van der Waals surface area contributed by atoms with E-state index in [-0.39, 0.29) is 11.0 Å². The fraction of sp³-hybridized carbons (Fsp3) is 0.0400. The number of benzene rings is 3. The zero-order valence-electron chi connectivity index (χ0n) is 17.5. The van der Waals surface area contributed by atoms with Crippen LogP contribution in [0.1, 0.15) is 0 Å². The first-order chi connectivity index (χ1) is 16.4. The molecular formula is C25H15F2NO6. The van der Waals surface area contributed by atoms with Gasteiger partial charge in [0.05, 0.1) is 12.6 Å². The lowest BCUT2D eigenvalue weighted by atomic mass is 10.1. The molecule has 0 amide bonds. The van der Waals surface area contributed by atoms with Gasteiger partial charge in [-0.15, -0.1) is 0 Å². The standard InChI is InChI=1S/C25H15F2NO6/c1-32-15-8-9-16-18(12-15)28(14-5-3-2-4-6-14)24(30)20-21(29)23(25(31)34-22(16)20)33-19-10-7-13(26)11-17(19)27/h2-12,29H,1H3. The molecule has 2 heterocycles. The van der Waals surface area contributed by atoms with Crippen LogP contribution in [-0.4, -0.2) is 16.8 Å². The molecular weight excluding hydrogens is 448 g/mol. The number of nitrogens with zero attached hydrogens (tertiary/aromatic N) is 1. The third kappa shape index (κ3) is 3.34. The van der Waals surface area contributed by atoms with Crippen molar-refractivity contribution >= 4 is 21.9 Å². The predicted octanol–water partition coefficient (Wildman–Crippen LogP) is 4.88. The molecule has 2 aromatic heterocycles. The summed E-state index contributed by atoms with van der Waals surface area (Å²) in [6.07, 6.45) is 0. The summed E-state index contributed by atoms with van der Waals surface area (Å²) in [5.41, 5.74) is -1.20. The monoisotopic (exact) mass is 463 g/mol. The van der Waals surface area contributed by atoms with Crippen LogP contribution in [0.15, 0.2) is 80.7 Å². The molecule has 0 saturated heterocycles. The van der Waals surface area contributed by atoms with E-state index in [4.69, 9.17) is 13.9 Å². The van der Waals surface area contributed by atoms with Crippen molar-refractivity contribution in [1.82, 2.24) is 4.57 Å². The molecule has 0 atom stereocenters. The molecule has 7 nitrogen and oxygen atoms in total. The van der Waals surface area contributed by atoms with Gasteiger partial charge in [0.25, 0.3) is 11.3 Å². The molecule has 170 valence electrons. The lowest BCUT2D eigenvalue weighted by Gasteiger charge is -2.15. The Morgan fingerprint density at radius 3 is 2.44 bits per heavy atom. The molecule has 9 heteroatoms. The van der Waals surface area contributed by atoms with E-state index in [9.17, 15) is 23.5 Å². The number of aromatic hydroxyl groups is 1. The van der Waals surface area contributed by atoms with Crippen LogP contribution >= 0.6 is 0 Å². The quantitative estimate of drug-likeness (QED) is 0.382. The van der Waals surface area contributed by atoms with Crippen molar-refractivity contribution in [1.29, 1.82) is 0 Å². The molecule has 34 heavy (non-hydrogen) atoms. The Balaban J connectivity index is 1.87. The van der Waals surface area contributed by atoms with Crippen molar-refractivity contribution in [3.63, 3.8) is 0 Å². The maximum atomic E-state index is 14.1. The van der Waals surface area contributed by atoms with Crippen LogP contribution in [0.2, 0.25) is 0 Å². The van der Waals surface area contributed by atoms with Crippen LogP contribution in [0.4, 0.5) is 8.78 Å². The molecule has 0 unspecified atom stereocenters. The lowest BCUT2D eigenvalue weighted by molar-refractivity contribution is 0.372. The highest BCUT2D eigenvalue weighted by Gasteiger charge is 2.24. The number of methoxy groups -OCH3 is 1. The number of fused-ring (bicyclic) bond motifs is 3. The average molecular weight is 463 g/mol. The van der Waals surface area contributed by atoms with Gasteiger partial charge in [0, 0.05) is 23.2 Å². The summed E-state index contributed by atoms with van der Waals surface area (Å²) in [5.74, 6) is -3.67. The smallest absolute Gasteiger partial charge is 0.383 e. The number of rotatable bonds is 4. The fourth-order valence-electron chi connectivity index (χ4n) is 3.72. The third-order valence-electron chi connectivity index (χ3n) is 5.29. The summed E-state index contributed by atoms with van der Waals surface area (Å²) >= 11 is 0. The lowest BCUT2D eigenvalue weighted by Crippen LogP contribution is -2.20. The predicted molar refractivity (Wildman–Crippen MR) is 120 cm³/mol. The van der Waals surface area contributed by atoms with Crippen molar-refractivity contribution < 1.29 is 27.8 Å². The van der Waals surface area contributed by atoms with E-state index in [0.29, 0.717) is 28.4 Å². The zero-order valence-corrected chi connectivity index (χ0v) is 17.5. The van der Waals surface area contributed by atoms with Gasteiger partial charge in [-0.2, -0.15) is 0 Å². The number of hydrogen-bond acceptors (Lipinski definition) is 6. The maximum Gasteiger partial charge on any atom is 0.383 e. The van der Waals surface area contributed by atoms with Crippen molar-refractivity contribution in [2.45, 2.75) is 0 Å². The summed E-state index contributed by atoms with van der Waals surface area (Å²) in [7, 11) is 1.47.